The standard InChI is InChI=1S/C13H19NO3/c1-10-4-3-6-14(8-10)9-11-5-7-17-12(11)13(15)16-2/h5,7,10H,3-4,6,8-9H2,1-2H3. The molecule has 0 amide bonds. The molecule has 1 aliphatic heterocycles. The van der Waals surface area contributed by atoms with Gasteiger partial charge < -0.3 is 9.15 Å². The van der Waals surface area contributed by atoms with Crippen LogP contribution >= 0.6 is 0 Å². The zero-order valence-electron chi connectivity index (χ0n) is 10.4. The Hall–Kier alpha value is -1.29. The first kappa shape index (κ1) is 12.2. The lowest BCUT2D eigenvalue weighted by atomic mass is 10.00. The minimum atomic E-state index is -0.393. The summed E-state index contributed by atoms with van der Waals surface area (Å²) in [6.45, 7) is 5.22. The fourth-order valence-electron chi connectivity index (χ4n) is 2.40. The summed E-state index contributed by atoms with van der Waals surface area (Å²) in [4.78, 5) is 13.8. The molecule has 17 heavy (non-hydrogen) atoms. The van der Waals surface area contributed by atoms with Crippen molar-refractivity contribution in [3.05, 3.63) is 23.7 Å². The summed E-state index contributed by atoms with van der Waals surface area (Å²) in [5.74, 6) is 0.679. The number of hydrogen-bond acceptors (Lipinski definition) is 4. The van der Waals surface area contributed by atoms with E-state index < -0.39 is 5.97 Å². The number of rotatable bonds is 3. The van der Waals surface area contributed by atoms with Gasteiger partial charge in [0.25, 0.3) is 0 Å². The molecule has 1 atom stereocenters. The van der Waals surface area contributed by atoms with Crippen molar-refractivity contribution in [2.75, 3.05) is 20.2 Å². The molecule has 1 aromatic rings. The third kappa shape index (κ3) is 2.88. The van der Waals surface area contributed by atoms with Crippen LogP contribution in [0.1, 0.15) is 35.9 Å². The summed E-state index contributed by atoms with van der Waals surface area (Å²) in [7, 11) is 1.37. The molecule has 2 rings (SSSR count). The van der Waals surface area contributed by atoms with E-state index in [1.807, 2.05) is 6.07 Å². The summed E-state index contributed by atoms with van der Waals surface area (Å²) >= 11 is 0. The second kappa shape index (κ2) is 5.36. The number of carbonyl (C=O) groups is 1. The smallest absolute Gasteiger partial charge is 0.374 e. The van der Waals surface area contributed by atoms with Gasteiger partial charge in [0.1, 0.15) is 0 Å². The number of likely N-dealkylation sites (tertiary alicyclic amines) is 1. The van der Waals surface area contributed by atoms with Gasteiger partial charge in [-0.05, 0) is 31.4 Å². The van der Waals surface area contributed by atoms with Crippen molar-refractivity contribution in [1.82, 2.24) is 4.90 Å². The van der Waals surface area contributed by atoms with Crippen LogP contribution in [0.15, 0.2) is 16.7 Å². The largest absolute Gasteiger partial charge is 0.463 e. The second-order valence-electron chi connectivity index (χ2n) is 4.75. The van der Waals surface area contributed by atoms with Crippen molar-refractivity contribution in [3.8, 4) is 0 Å². The van der Waals surface area contributed by atoms with Gasteiger partial charge in [0.05, 0.1) is 13.4 Å². The highest BCUT2D eigenvalue weighted by atomic mass is 16.5. The highest BCUT2D eigenvalue weighted by molar-refractivity contribution is 5.87. The molecule has 0 bridgehead atoms. The van der Waals surface area contributed by atoms with E-state index in [4.69, 9.17) is 9.15 Å². The highest BCUT2D eigenvalue weighted by Crippen LogP contribution is 2.20. The van der Waals surface area contributed by atoms with Crippen molar-refractivity contribution >= 4 is 5.97 Å². The molecule has 2 heterocycles. The number of hydrogen-bond donors (Lipinski definition) is 0. The van der Waals surface area contributed by atoms with Gasteiger partial charge in [0.2, 0.25) is 5.76 Å². The van der Waals surface area contributed by atoms with Gasteiger partial charge in [-0.25, -0.2) is 4.79 Å². The number of carbonyl (C=O) groups excluding carboxylic acids is 1. The SMILES string of the molecule is COC(=O)c1occc1CN1CCCC(C)C1. The second-order valence-corrected chi connectivity index (χ2v) is 4.75. The Morgan fingerprint density at radius 1 is 1.65 bits per heavy atom. The Kier molecular flexibility index (Phi) is 3.84. The maximum Gasteiger partial charge on any atom is 0.374 e. The number of nitrogens with zero attached hydrogens (tertiary/aromatic N) is 1. The van der Waals surface area contributed by atoms with E-state index in [0.717, 1.165) is 31.1 Å². The molecular weight excluding hydrogens is 218 g/mol. The molecule has 0 spiro atoms. The lowest BCUT2D eigenvalue weighted by molar-refractivity contribution is 0.0561. The van der Waals surface area contributed by atoms with Gasteiger partial charge >= 0.3 is 5.97 Å². The molecule has 1 aromatic heterocycles. The van der Waals surface area contributed by atoms with Crippen molar-refractivity contribution in [1.29, 1.82) is 0 Å². The molecule has 1 aliphatic rings. The monoisotopic (exact) mass is 237 g/mol. The molecule has 1 unspecified atom stereocenters. The first-order valence-corrected chi connectivity index (χ1v) is 6.07. The summed E-state index contributed by atoms with van der Waals surface area (Å²) in [6.07, 6.45) is 4.08. The van der Waals surface area contributed by atoms with E-state index in [1.165, 1.54) is 20.0 Å². The zero-order chi connectivity index (χ0) is 12.3. The molecule has 1 fully saturated rings. The maximum atomic E-state index is 11.5. The maximum absolute atomic E-state index is 11.5. The molecule has 0 aromatic carbocycles. The zero-order valence-corrected chi connectivity index (χ0v) is 10.4. The van der Waals surface area contributed by atoms with Crippen LogP contribution in [0.3, 0.4) is 0 Å². The van der Waals surface area contributed by atoms with Crippen LogP contribution in [0.4, 0.5) is 0 Å². The Morgan fingerprint density at radius 2 is 2.47 bits per heavy atom. The Labute approximate surface area is 102 Å². The Balaban J connectivity index is 2.03. The normalized spacial score (nSPS) is 21.4. The summed E-state index contributed by atoms with van der Waals surface area (Å²) in [5.41, 5.74) is 0.922. The minimum absolute atomic E-state index is 0.339. The van der Waals surface area contributed by atoms with E-state index in [0.29, 0.717) is 5.76 Å². The van der Waals surface area contributed by atoms with Crippen LogP contribution in [-0.4, -0.2) is 31.1 Å². The number of ether oxygens (including phenoxy) is 1. The number of methoxy groups -OCH3 is 1. The van der Waals surface area contributed by atoms with Crippen LogP contribution in [0.25, 0.3) is 0 Å². The molecule has 0 radical (unpaired) electrons. The van der Waals surface area contributed by atoms with Crippen LogP contribution < -0.4 is 0 Å². The topological polar surface area (TPSA) is 42.7 Å². The third-order valence-corrected chi connectivity index (χ3v) is 3.25. The summed E-state index contributed by atoms with van der Waals surface area (Å²) in [6, 6.07) is 1.85. The number of furan rings is 1. The van der Waals surface area contributed by atoms with Crippen LogP contribution in [0.5, 0.6) is 0 Å². The van der Waals surface area contributed by atoms with Gasteiger partial charge in [0, 0.05) is 18.7 Å². The Morgan fingerprint density at radius 3 is 3.18 bits per heavy atom. The Bertz CT molecular complexity index is 386. The van der Waals surface area contributed by atoms with Gasteiger partial charge in [-0.3, -0.25) is 4.90 Å². The quantitative estimate of drug-likeness (QED) is 0.756. The van der Waals surface area contributed by atoms with Crippen molar-refractivity contribution in [2.45, 2.75) is 26.3 Å². The number of piperidine rings is 1. The first-order valence-electron chi connectivity index (χ1n) is 6.07. The molecule has 0 saturated carbocycles. The van der Waals surface area contributed by atoms with Crippen molar-refractivity contribution < 1.29 is 13.9 Å². The molecule has 4 nitrogen and oxygen atoms in total. The summed E-state index contributed by atoms with van der Waals surface area (Å²) < 4.78 is 9.88. The van der Waals surface area contributed by atoms with Crippen LogP contribution in [0, 0.1) is 5.92 Å². The number of esters is 1. The molecule has 1 saturated heterocycles. The highest BCUT2D eigenvalue weighted by Gasteiger charge is 2.21. The average molecular weight is 237 g/mol. The molecular formula is C13H19NO3. The third-order valence-electron chi connectivity index (χ3n) is 3.25. The first-order chi connectivity index (χ1) is 8.20. The van der Waals surface area contributed by atoms with Crippen molar-refractivity contribution in [3.63, 3.8) is 0 Å². The fourth-order valence-corrected chi connectivity index (χ4v) is 2.40. The minimum Gasteiger partial charge on any atom is -0.463 e. The van der Waals surface area contributed by atoms with E-state index in [9.17, 15) is 4.79 Å². The van der Waals surface area contributed by atoms with Crippen molar-refractivity contribution in [2.24, 2.45) is 5.92 Å². The molecule has 0 aliphatic carbocycles. The van der Waals surface area contributed by atoms with Gasteiger partial charge in [-0.1, -0.05) is 6.92 Å². The van der Waals surface area contributed by atoms with E-state index in [1.54, 1.807) is 6.26 Å². The lowest BCUT2D eigenvalue weighted by Crippen LogP contribution is -2.34. The van der Waals surface area contributed by atoms with Gasteiger partial charge in [-0.15, -0.1) is 0 Å². The van der Waals surface area contributed by atoms with Crippen LogP contribution in [-0.2, 0) is 11.3 Å². The van der Waals surface area contributed by atoms with E-state index in [-0.39, 0.29) is 0 Å². The van der Waals surface area contributed by atoms with Crippen LogP contribution in [0.2, 0.25) is 0 Å². The molecule has 0 N–H and O–H groups in total. The molecule has 4 heteroatoms. The van der Waals surface area contributed by atoms with Gasteiger partial charge in [0.15, 0.2) is 0 Å². The summed E-state index contributed by atoms with van der Waals surface area (Å²) in [5, 5.41) is 0. The lowest BCUT2D eigenvalue weighted by Gasteiger charge is -2.30. The fraction of sp³-hybridized carbons (Fsp3) is 0.615. The molecule has 94 valence electrons. The predicted octanol–water partition coefficient (Wildman–Crippen LogP) is 2.30. The average Bonchev–Trinajstić information content (AvgIpc) is 2.76. The predicted molar refractivity (Wildman–Crippen MR) is 63.7 cm³/mol. The van der Waals surface area contributed by atoms with E-state index in [2.05, 4.69) is 11.8 Å². The van der Waals surface area contributed by atoms with Gasteiger partial charge in [-0.2, -0.15) is 0 Å². The van der Waals surface area contributed by atoms with E-state index >= 15 is 0 Å².